The molecule has 2 heteroatoms. The summed E-state index contributed by atoms with van der Waals surface area (Å²) in [6, 6.07) is 22.7. The van der Waals surface area contributed by atoms with Crippen LogP contribution in [0.3, 0.4) is 0 Å². The maximum absolute atomic E-state index is 11.0. The zero-order valence-electron chi connectivity index (χ0n) is 10.8. The molecule has 0 fully saturated rings. The molecule has 4 rings (SSSR count). The van der Waals surface area contributed by atoms with Crippen molar-refractivity contribution in [3.63, 3.8) is 0 Å². The second-order valence-corrected chi connectivity index (χ2v) is 5.01. The van der Waals surface area contributed by atoms with E-state index in [9.17, 15) is 4.70 Å². The molecule has 0 aliphatic heterocycles. The van der Waals surface area contributed by atoms with Crippen LogP contribution >= 0.6 is 0 Å². The van der Waals surface area contributed by atoms with E-state index in [0.29, 0.717) is 0 Å². The van der Waals surface area contributed by atoms with Crippen LogP contribution in [0.5, 0.6) is 0 Å². The number of hydrogen-bond donors (Lipinski definition) is 0. The van der Waals surface area contributed by atoms with Gasteiger partial charge in [0, 0.05) is 0 Å². The SMILES string of the molecule is O=Bc1ccc2c3ccccc3c3ccccc3c2c1. The standard InChI is InChI=1S/C18H11BO/c20-19-12-9-10-17-15-7-2-1-5-13(15)14-6-3-4-8-16(14)18(17)11-12/h1-11H. The van der Waals surface area contributed by atoms with Crippen LogP contribution in [0.4, 0.5) is 0 Å². The summed E-state index contributed by atoms with van der Waals surface area (Å²) in [5.41, 5.74) is 0.720. The number of benzene rings is 4. The molecule has 0 N–H and O–H groups in total. The molecule has 0 saturated heterocycles. The van der Waals surface area contributed by atoms with Crippen molar-refractivity contribution >= 4 is 44.9 Å². The maximum atomic E-state index is 11.0. The van der Waals surface area contributed by atoms with Crippen LogP contribution in [0.15, 0.2) is 66.7 Å². The molecule has 92 valence electrons. The van der Waals surface area contributed by atoms with Gasteiger partial charge in [-0.3, -0.25) is 0 Å². The van der Waals surface area contributed by atoms with Crippen molar-refractivity contribution in [3.05, 3.63) is 66.7 Å². The van der Waals surface area contributed by atoms with Gasteiger partial charge in [-0.1, -0.05) is 0 Å². The van der Waals surface area contributed by atoms with Crippen LogP contribution in [0, 0.1) is 0 Å². The van der Waals surface area contributed by atoms with Gasteiger partial charge < -0.3 is 0 Å². The molecule has 0 aliphatic rings. The van der Waals surface area contributed by atoms with Crippen LogP contribution in [-0.2, 0) is 4.70 Å². The van der Waals surface area contributed by atoms with Crippen LogP contribution in [0.25, 0.3) is 32.3 Å². The third-order valence-corrected chi connectivity index (χ3v) is 3.90. The number of fused-ring (bicyclic) bond motifs is 6. The Morgan fingerprint density at radius 3 is 1.50 bits per heavy atom. The minimum absolute atomic E-state index is 0.720. The van der Waals surface area contributed by atoms with Crippen molar-refractivity contribution in [2.24, 2.45) is 0 Å². The predicted octanol–water partition coefficient (Wildman–Crippen LogP) is 3.82. The number of rotatable bonds is 1. The molecule has 0 aliphatic carbocycles. The molecule has 0 saturated carbocycles. The van der Waals surface area contributed by atoms with Crippen LogP contribution in [-0.4, -0.2) is 7.15 Å². The Morgan fingerprint density at radius 2 is 1.00 bits per heavy atom. The minimum atomic E-state index is 0.720. The summed E-state index contributed by atoms with van der Waals surface area (Å²) in [6.45, 7) is 0. The summed E-state index contributed by atoms with van der Waals surface area (Å²) >= 11 is 0. The first-order valence-electron chi connectivity index (χ1n) is 6.67. The van der Waals surface area contributed by atoms with Gasteiger partial charge in [0.25, 0.3) is 0 Å². The molecule has 0 unspecified atom stereocenters. The molecule has 0 atom stereocenters. The molecule has 4 aromatic rings. The monoisotopic (exact) mass is 254 g/mol. The van der Waals surface area contributed by atoms with Crippen molar-refractivity contribution in [2.45, 2.75) is 0 Å². The Hall–Kier alpha value is -2.48. The van der Waals surface area contributed by atoms with Crippen molar-refractivity contribution in [1.29, 1.82) is 0 Å². The van der Waals surface area contributed by atoms with Gasteiger partial charge in [-0.15, -0.1) is 0 Å². The molecule has 20 heavy (non-hydrogen) atoms. The fourth-order valence-corrected chi connectivity index (χ4v) is 3.00. The first-order valence-corrected chi connectivity index (χ1v) is 6.67. The van der Waals surface area contributed by atoms with Crippen LogP contribution in [0.1, 0.15) is 0 Å². The molecule has 4 aromatic carbocycles. The fraction of sp³-hybridized carbons (Fsp3) is 0. The van der Waals surface area contributed by atoms with E-state index in [1.807, 2.05) is 24.3 Å². The second-order valence-electron chi connectivity index (χ2n) is 5.01. The van der Waals surface area contributed by atoms with Gasteiger partial charge in [0.2, 0.25) is 0 Å². The summed E-state index contributed by atoms with van der Waals surface area (Å²) < 4.78 is 11.0. The molecule has 0 radical (unpaired) electrons. The summed E-state index contributed by atoms with van der Waals surface area (Å²) in [4.78, 5) is 0. The molecular formula is C18H11BO. The molecule has 0 spiro atoms. The summed E-state index contributed by atoms with van der Waals surface area (Å²) in [5, 5.41) is 7.27. The van der Waals surface area contributed by atoms with E-state index >= 15 is 0 Å². The first kappa shape index (κ1) is 11.4. The van der Waals surface area contributed by atoms with Gasteiger partial charge in [0.15, 0.2) is 0 Å². The van der Waals surface area contributed by atoms with Crippen molar-refractivity contribution in [2.75, 3.05) is 0 Å². The topological polar surface area (TPSA) is 17.1 Å². The summed E-state index contributed by atoms with van der Waals surface area (Å²) in [7, 11) is 0.906. The van der Waals surface area contributed by atoms with E-state index in [2.05, 4.69) is 42.5 Å². The van der Waals surface area contributed by atoms with E-state index in [1.165, 1.54) is 26.9 Å². The summed E-state index contributed by atoms with van der Waals surface area (Å²) in [6.07, 6.45) is 0. The van der Waals surface area contributed by atoms with Crippen LogP contribution < -0.4 is 5.46 Å². The third kappa shape index (κ3) is 1.51. The normalized spacial score (nSPS) is 11.0. The van der Waals surface area contributed by atoms with Gasteiger partial charge in [-0.05, 0) is 0 Å². The Bertz CT molecular complexity index is 937. The van der Waals surface area contributed by atoms with Gasteiger partial charge in [0.05, 0.1) is 0 Å². The zero-order chi connectivity index (χ0) is 13.5. The van der Waals surface area contributed by atoms with Gasteiger partial charge in [-0.2, -0.15) is 0 Å². The molecule has 0 bridgehead atoms. The second kappa shape index (κ2) is 4.27. The first-order chi connectivity index (χ1) is 9.88. The zero-order valence-corrected chi connectivity index (χ0v) is 10.8. The Kier molecular flexibility index (Phi) is 2.43. The average Bonchev–Trinajstić information content (AvgIpc) is 2.54. The van der Waals surface area contributed by atoms with Gasteiger partial charge in [0.1, 0.15) is 0 Å². The molecule has 0 aromatic heterocycles. The number of hydrogen-bond acceptors (Lipinski definition) is 1. The van der Waals surface area contributed by atoms with Gasteiger partial charge >= 0.3 is 116 Å². The Labute approximate surface area is 117 Å². The van der Waals surface area contributed by atoms with Crippen molar-refractivity contribution in [3.8, 4) is 0 Å². The Morgan fingerprint density at radius 1 is 0.550 bits per heavy atom. The van der Waals surface area contributed by atoms with E-state index in [1.54, 1.807) is 0 Å². The van der Waals surface area contributed by atoms with E-state index in [4.69, 9.17) is 0 Å². The van der Waals surface area contributed by atoms with E-state index in [-0.39, 0.29) is 0 Å². The van der Waals surface area contributed by atoms with Crippen molar-refractivity contribution in [1.82, 2.24) is 0 Å². The van der Waals surface area contributed by atoms with Crippen molar-refractivity contribution < 1.29 is 4.70 Å². The summed E-state index contributed by atoms with van der Waals surface area (Å²) in [5.74, 6) is 0. The molecule has 1 nitrogen and oxygen atoms in total. The fourth-order valence-electron chi connectivity index (χ4n) is 3.00. The molecule has 0 heterocycles. The average molecular weight is 254 g/mol. The quantitative estimate of drug-likeness (QED) is 0.372. The van der Waals surface area contributed by atoms with E-state index in [0.717, 1.165) is 18.0 Å². The molecular weight excluding hydrogens is 243 g/mol. The third-order valence-electron chi connectivity index (χ3n) is 3.90. The van der Waals surface area contributed by atoms with Gasteiger partial charge in [-0.25, -0.2) is 0 Å². The van der Waals surface area contributed by atoms with Crippen LogP contribution in [0.2, 0.25) is 0 Å². The Balaban J connectivity index is 2.38. The predicted molar refractivity (Wildman–Crippen MR) is 85.0 cm³/mol. The van der Waals surface area contributed by atoms with E-state index < -0.39 is 0 Å². The molecule has 0 amide bonds.